The largest absolute Gasteiger partial charge is 0.467 e. The summed E-state index contributed by atoms with van der Waals surface area (Å²) in [6.07, 6.45) is 7.01. The first-order chi connectivity index (χ1) is 19.7. The summed E-state index contributed by atoms with van der Waals surface area (Å²) in [5, 5.41) is 8.33. The summed E-state index contributed by atoms with van der Waals surface area (Å²) in [5.74, 6) is 0.0753. The molecule has 0 saturated carbocycles. The minimum absolute atomic E-state index is 0.0685. The Bertz CT molecular complexity index is 1290. The number of esters is 1. The summed E-state index contributed by atoms with van der Waals surface area (Å²) in [6.45, 7) is 5.24. The van der Waals surface area contributed by atoms with Gasteiger partial charge in [0.05, 0.1) is 32.1 Å². The fourth-order valence-electron chi connectivity index (χ4n) is 4.84. The Morgan fingerprint density at radius 2 is 1.85 bits per heavy atom. The molecule has 10 heteroatoms. The minimum Gasteiger partial charge on any atom is -0.467 e. The molecule has 0 aliphatic carbocycles. The molecule has 222 valence electrons. The second-order valence-electron chi connectivity index (χ2n) is 10.5. The second-order valence-corrected chi connectivity index (χ2v) is 11.5. The van der Waals surface area contributed by atoms with Crippen LogP contribution in [0.3, 0.4) is 0 Å². The van der Waals surface area contributed by atoms with Crippen LogP contribution in [0.25, 0.3) is 10.8 Å². The van der Waals surface area contributed by atoms with E-state index in [1.807, 2.05) is 42.3 Å². The van der Waals surface area contributed by atoms with Crippen molar-refractivity contribution in [3.63, 3.8) is 0 Å². The molecule has 0 aliphatic rings. The van der Waals surface area contributed by atoms with Crippen molar-refractivity contribution in [2.75, 3.05) is 32.2 Å². The van der Waals surface area contributed by atoms with Crippen molar-refractivity contribution < 1.29 is 19.1 Å². The molecule has 3 rings (SSSR count). The van der Waals surface area contributed by atoms with E-state index in [0.29, 0.717) is 25.2 Å². The highest BCUT2D eigenvalue weighted by atomic mass is 32.2. The Hall–Kier alpha value is -3.37. The van der Waals surface area contributed by atoms with E-state index >= 15 is 0 Å². The number of amides is 2. The van der Waals surface area contributed by atoms with Crippen molar-refractivity contribution >= 4 is 40.3 Å². The number of rotatable bonds is 16. The van der Waals surface area contributed by atoms with Gasteiger partial charge in [-0.15, -0.1) is 0 Å². The van der Waals surface area contributed by atoms with Gasteiger partial charge >= 0.3 is 5.97 Å². The maximum atomic E-state index is 13.3. The summed E-state index contributed by atoms with van der Waals surface area (Å²) in [5.41, 5.74) is 1.80. The van der Waals surface area contributed by atoms with E-state index in [4.69, 9.17) is 4.74 Å². The van der Waals surface area contributed by atoms with Crippen LogP contribution in [0.4, 0.5) is 0 Å². The number of aromatic nitrogens is 2. The molecular formula is C31H43N5O4S. The van der Waals surface area contributed by atoms with Crippen LogP contribution >= 0.6 is 11.8 Å². The maximum absolute atomic E-state index is 13.3. The van der Waals surface area contributed by atoms with Crippen LogP contribution in [-0.4, -0.2) is 76.5 Å². The number of benzene rings is 2. The molecule has 3 aromatic rings. The molecule has 0 spiro atoms. The number of thioether (sulfide) groups is 1. The summed E-state index contributed by atoms with van der Waals surface area (Å²) in [4.78, 5) is 45.0. The molecular weight excluding hydrogens is 538 g/mol. The SMILES string of the molecule is CCC(C)C(CN(CC(=O)NC(CCSC)C(=O)OC)Cc1cccc2ccccc12)NC(=O)Cc1cn(C)cn1. The fraction of sp³-hybridized carbons (Fsp3) is 0.484. The van der Waals surface area contributed by atoms with Crippen LogP contribution in [-0.2, 0) is 39.1 Å². The van der Waals surface area contributed by atoms with E-state index < -0.39 is 12.0 Å². The molecule has 0 saturated heterocycles. The molecule has 2 amide bonds. The van der Waals surface area contributed by atoms with Crippen LogP contribution in [0.2, 0.25) is 0 Å². The summed E-state index contributed by atoms with van der Waals surface area (Å²) in [6, 6.07) is 13.4. The number of hydrogen-bond donors (Lipinski definition) is 2. The first-order valence-electron chi connectivity index (χ1n) is 14.0. The third-order valence-corrected chi connectivity index (χ3v) is 7.95. The Balaban J connectivity index is 1.83. The molecule has 2 N–H and O–H groups in total. The lowest BCUT2D eigenvalue weighted by molar-refractivity contribution is -0.145. The van der Waals surface area contributed by atoms with E-state index in [-0.39, 0.29) is 36.7 Å². The molecule has 41 heavy (non-hydrogen) atoms. The normalized spacial score (nSPS) is 13.5. The van der Waals surface area contributed by atoms with Gasteiger partial charge in [0, 0.05) is 32.4 Å². The van der Waals surface area contributed by atoms with Crippen molar-refractivity contribution in [1.82, 2.24) is 25.1 Å². The van der Waals surface area contributed by atoms with Crippen LogP contribution in [0.1, 0.15) is 37.9 Å². The van der Waals surface area contributed by atoms with Gasteiger partial charge in [-0.25, -0.2) is 9.78 Å². The third kappa shape index (κ3) is 9.89. The number of methoxy groups -OCH3 is 1. The van der Waals surface area contributed by atoms with Gasteiger partial charge in [-0.1, -0.05) is 62.7 Å². The highest BCUT2D eigenvalue weighted by Gasteiger charge is 2.26. The van der Waals surface area contributed by atoms with Crippen molar-refractivity contribution in [1.29, 1.82) is 0 Å². The monoisotopic (exact) mass is 581 g/mol. The lowest BCUT2D eigenvalue weighted by atomic mass is 9.97. The second kappa shape index (κ2) is 16.2. The Morgan fingerprint density at radius 3 is 2.54 bits per heavy atom. The summed E-state index contributed by atoms with van der Waals surface area (Å²) in [7, 11) is 3.20. The topological polar surface area (TPSA) is 106 Å². The standard InChI is InChI=1S/C31H43N5O4S/c1-6-22(2)28(34-29(37)16-25-18-35(3)21-32-25)19-36(17-24-12-9-11-23-10-7-8-13-26(23)24)20-30(38)33-27(14-15-41-5)31(39)40-4/h7-13,18,21-22,27-28H,6,14-17,19-20H2,1-5H3,(H,33,38)(H,34,37). The average Bonchev–Trinajstić information content (AvgIpc) is 3.37. The van der Waals surface area contributed by atoms with Gasteiger partial charge < -0.3 is 19.9 Å². The van der Waals surface area contributed by atoms with E-state index in [1.54, 1.807) is 18.1 Å². The summed E-state index contributed by atoms with van der Waals surface area (Å²) >= 11 is 1.61. The highest BCUT2D eigenvalue weighted by molar-refractivity contribution is 7.98. The molecule has 1 heterocycles. The van der Waals surface area contributed by atoms with Crippen LogP contribution < -0.4 is 10.6 Å². The number of carbonyl (C=O) groups is 3. The summed E-state index contributed by atoms with van der Waals surface area (Å²) < 4.78 is 6.75. The van der Waals surface area contributed by atoms with E-state index in [2.05, 4.69) is 58.6 Å². The maximum Gasteiger partial charge on any atom is 0.328 e. The molecule has 0 bridgehead atoms. The van der Waals surface area contributed by atoms with Gasteiger partial charge in [0.1, 0.15) is 6.04 Å². The number of imidazole rings is 1. The third-order valence-electron chi connectivity index (χ3n) is 7.30. The fourth-order valence-corrected chi connectivity index (χ4v) is 5.31. The van der Waals surface area contributed by atoms with Gasteiger partial charge in [-0.05, 0) is 40.7 Å². The molecule has 9 nitrogen and oxygen atoms in total. The number of carbonyl (C=O) groups excluding carboxylic acids is 3. The minimum atomic E-state index is -0.706. The van der Waals surface area contributed by atoms with Crippen LogP contribution in [0.15, 0.2) is 55.0 Å². The number of nitrogens with one attached hydrogen (secondary N) is 2. The predicted octanol–water partition coefficient (Wildman–Crippen LogP) is 3.56. The number of fused-ring (bicyclic) bond motifs is 1. The van der Waals surface area contributed by atoms with Crippen molar-refractivity contribution in [2.24, 2.45) is 13.0 Å². The Morgan fingerprint density at radius 1 is 1.10 bits per heavy atom. The van der Waals surface area contributed by atoms with E-state index in [9.17, 15) is 14.4 Å². The lowest BCUT2D eigenvalue weighted by Gasteiger charge is -2.31. The Labute approximate surface area is 247 Å². The molecule has 3 atom stereocenters. The zero-order chi connectivity index (χ0) is 29.8. The molecule has 0 aliphatic heterocycles. The zero-order valence-electron chi connectivity index (χ0n) is 24.8. The number of aryl methyl sites for hydroxylation is 1. The molecule has 0 fully saturated rings. The van der Waals surface area contributed by atoms with Crippen molar-refractivity contribution in [3.05, 3.63) is 66.2 Å². The molecule has 3 unspecified atom stereocenters. The number of ether oxygens (including phenoxy) is 1. The van der Waals surface area contributed by atoms with Crippen molar-refractivity contribution in [2.45, 2.75) is 51.7 Å². The van der Waals surface area contributed by atoms with Gasteiger partial charge in [0.25, 0.3) is 0 Å². The van der Waals surface area contributed by atoms with Crippen molar-refractivity contribution in [3.8, 4) is 0 Å². The zero-order valence-corrected chi connectivity index (χ0v) is 25.6. The first kappa shape index (κ1) is 32.1. The molecule has 1 aromatic heterocycles. The van der Waals surface area contributed by atoms with E-state index in [0.717, 1.165) is 28.5 Å². The Kier molecular flexibility index (Phi) is 12.7. The van der Waals surface area contributed by atoms with Gasteiger partial charge in [0.2, 0.25) is 11.8 Å². The lowest BCUT2D eigenvalue weighted by Crippen LogP contribution is -2.51. The predicted molar refractivity (Wildman–Crippen MR) is 164 cm³/mol. The molecule has 2 aromatic carbocycles. The average molecular weight is 582 g/mol. The quantitative estimate of drug-likeness (QED) is 0.249. The van der Waals surface area contributed by atoms with Gasteiger partial charge in [0.15, 0.2) is 0 Å². The van der Waals surface area contributed by atoms with Crippen LogP contribution in [0, 0.1) is 5.92 Å². The van der Waals surface area contributed by atoms with Gasteiger partial charge in [-0.3, -0.25) is 14.5 Å². The van der Waals surface area contributed by atoms with Gasteiger partial charge in [-0.2, -0.15) is 11.8 Å². The molecule has 0 radical (unpaired) electrons. The smallest absolute Gasteiger partial charge is 0.328 e. The van der Waals surface area contributed by atoms with Crippen LogP contribution in [0.5, 0.6) is 0 Å². The highest BCUT2D eigenvalue weighted by Crippen LogP contribution is 2.21. The van der Waals surface area contributed by atoms with E-state index in [1.165, 1.54) is 7.11 Å². The first-order valence-corrected chi connectivity index (χ1v) is 15.4. The number of nitrogens with zero attached hydrogens (tertiary/aromatic N) is 3. The number of hydrogen-bond acceptors (Lipinski definition) is 7.